The van der Waals surface area contributed by atoms with E-state index < -0.39 is 0 Å². The molecule has 0 rings (SSSR count). The maximum atomic E-state index is 11.2. The summed E-state index contributed by atoms with van der Waals surface area (Å²) in [6, 6.07) is 0. The molecule has 0 aliphatic heterocycles. The highest BCUT2D eigenvalue weighted by Gasteiger charge is 2.14. The van der Waals surface area contributed by atoms with E-state index in [0.29, 0.717) is 12.5 Å². The molecule has 0 aromatic heterocycles. The Hall–Kier alpha value is -0.790. The lowest BCUT2D eigenvalue weighted by Gasteiger charge is -2.12. The molecule has 0 amide bonds. The van der Waals surface area contributed by atoms with Crippen molar-refractivity contribution >= 4 is 5.97 Å². The molecule has 0 aliphatic rings. The van der Waals surface area contributed by atoms with Crippen LogP contribution in [0.2, 0.25) is 0 Å². The second-order valence-corrected chi connectivity index (χ2v) is 3.59. The van der Waals surface area contributed by atoms with Crippen molar-refractivity contribution in [3.05, 3.63) is 12.2 Å². The van der Waals surface area contributed by atoms with Gasteiger partial charge in [0.2, 0.25) is 0 Å². The van der Waals surface area contributed by atoms with Crippen LogP contribution in [0.1, 0.15) is 27.7 Å². The van der Waals surface area contributed by atoms with Crippen LogP contribution in [0.25, 0.3) is 0 Å². The normalized spacial score (nSPS) is 12.8. The highest BCUT2D eigenvalue weighted by molar-refractivity contribution is 5.74. The number of rotatable bonds is 4. The van der Waals surface area contributed by atoms with Gasteiger partial charge in [-0.25, -0.2) is 0 Å². The lowest BCUT2D eigenvalue weighted by molar-refractivity contribution is -0.147. The average Bonchev–Trinajstić information content (AvgIpc) is 1.98. The Morgan fingerprint density at radius 1 is 1.42 bits per heavy atom. The van der Waals surface area contributed by atoms with Gasteiger partial charge in [-0.3, -0.25) is 4.79 Å². The minimum Gasteiger partial charge on any atom is -0.465 e. The van der Waals surface area contributed by atoms with Crippen LogP contribution in [-0.4, -0.2) is 12.6 Å². The first kappa shape index (κ1) is 11.2. The Morgan fingerprint density at radius 3 is 2.25 bits per heavy atom. The second-order valence-electron chi connectivity index (χ2n) is 3.59. The number of ether oxygens (including phenoxy) is 1. The minimum atomic E-state index is -0.177. The van der Waals surface area contributed by atoms with Crippen LogP contribution in [0.5, 0.6) is 0 Å². The summed E-state index contributed by atoms with van der Waals surface area (Å²) in [5, 5.41) is 0. The Balaban J connectivity index is 3.80. The molecule has 0 heterocycles. The predicted octanol–water partition coefficient (Wildman–Crippen LogP) is 2.40. The molecule has 0 saturated carbocycles. The van der Waals surface area contributed by atoms with Gasteiger partial charge in [-0.1, -0.05) is 26.0 Å². The molecular weight excluding hydrogens is 152 g/mol. The molecule has 0 aliphatic carbocycles. The number of esters is 1. The molecule has 0 spiro atoms. The molecule has 70 valence electrons. The summed E-state index contributed by atoms with van der Waals surface area (Å²) < 4.78 is 5.03. The Morgan fingerprint density at radius 2 is 1.92 bits per heavy atom. The number of carbonyl (C=O) groups excluding carboxylic acids is 1. The highest BCUT2D eigenvalue weighted by atomic mass is 16.5. The first-order valence-electron chi connectivity index (χ1n) is 4.27. The smallest absolute Gasteiger partial charge is 0.312 e. The molecule has 1 unspecified atom stereocenters. The molecular formula is C10H18O2. The first-order valence-corrected chi connectivity index (χ1v) is 4.27. The summed E-state index contributed by atoms with van der Waals surface area (Å²) >= 11 is 0. The third-order valence-corrected chi connectivity index (χ3v) is 1.65. The van der Waals surface area contributed by atoms with Crippen LogP contribution in [-0.2, 0) is 9.53 Å². The van der Waals surface area contributed by atoms with Gasteiger partial charge in [-0.2, -0.15) is 0 Å². The Bertz CT molecular complexity index is 171. The van der Waals surface area contributed by atoms with Crippen LogP contribution in [0.15, 0.2) is 12.2 Å². The van der Waals surface area contributed by atoms with E-state index in [1.165, 1.54) is 0 Å². The van der Waals surface area contributed by atoms with Crippen molar-refractivity contribution in [2.24, 2.45) is 11.8 Å². The lowest BCUT2D eigenvalue weighted by Crippen LogP contribution is -2.17. The quantitative estimate of drug-likeness (QED) is 0.478. The minimum absolute atomic E-state index is 0.170. The van der Waals surface area contributed by atoms with Crippen molar-refractivity contribution in [1.82, 2.24) is 0 Å². The number of hydrogen-bond acceptors (Lipinski definition) is 2. The van der Waals surface area contributed by atoms with Crippen molar-refractivity contribution in [2.75, 3.05) is 6.61 Å². The SMILES string of the molecule is C=C(C)C(C)C(=O)OCC(C)C. The van der Waals surface area contributed by atoms with Crippen molar-refractivity contribution in [2.45, 2.75) is 27.7 Å². The van der Waals surface area contributed by atoms with Gasteiger partial charge in [-0.05, 0) is 19.8 Å². The summed E-state index contributed by atoms with van der Waals surface area (Å²) in [7, 11) is 0. The molecule has 0 aromatic rings. The van der Waals surface area contributed by atoms with E-state index >= 15 is 0 Å². The van der Waals surface area contributed by atoms with Gasteiger partial charge in [0.1, 0.15) is 0 Å². The maximum absolute atomic E-state index is 11.2. The summed E-state index contributed by atoms with van der Waals surface area (Å²) in [5.41, 5.74) is 0.851. The number of hydrogen-bond donors (Lipinski definition) is 0. The van der Waals surface area contributed by atoms with Crippen LogP contribution in [0.4, 0.5) is 0 Å². The molecule has 2 heteroatoms. The van der Waals surface area contributed by atoms with Gasteiger partial charge in [0, 0.05) is 0 Å². The third kappa shape index (κ3) is 4.16. The Kier molecular flexibility index (Phi) is 4.64. The van der Waals surface area contributed by atoms with E-state index in [2.05, 4.69) is 6.58 Å². The van der Waals surface area contributed by atoms with Gasteiger partial charge < -0.3 is 4.74 Å². The molecule has 0 radical (unpaired) electrons. The van der Waals surface area contributed by atoms with E-state index in [0.717, 1.165) is 5.57 Å². The van der Waals surface area contributed by atoms with Gasteiger partial charge >= 0.3 is 5.97 Å². The highest BCUT2D eigenvalue weighted by Crippen LogP contribution is 2.09. The molecule has 0 N–H and O–H groups in total. The predicted molar refractivity (Wildman–Crippen MR) is 49.8 cm³/mol. The van der Waals surface area contributed by atoms with Gasteiger partial charge in [-0.15, -0.1) is 0 Å². The van der Waals surface area contributed by atoms with Crippen LogP contribution >= 0.6 is 0 Å². The van der Waals surface area contributed by atoms with E-state index in [1.54, 1.807) is 0 Å². The zero-order valence-electron chi connectivity index (χ0n) is 8.39. The van der Waals surface area contributed by atoms with Crippen molar-refractivity contribution in [3.63, 3.8) is 0 Å². The molecule has 12 heavy (non-hydrogen) atoms. The molecule has 0 bridgehead atoms. The Labute approximate surface area is 74.6 Å². The largest absolute Gasteiger partial charge is 0.465 e. The third-order valence-electron chi connectivity index (χ3n) is 1.65. The molecule has 2 nitrogen and oxygen atoms in total. The maximum Gasteiger partial charge on any atom is 0.312 e. The van der Waals surface area contributed by atoms with Crippen LogP contribution in [0.3, 0.4) is 0 Å². The first-order chi connectivity index (χ1) is 5.45. The molecule has 0 fully saturated rings. The van der Waals surface area contributed by atoms with E-state index in [-0.39, 0.29) is 11.9 Å². The fourth-order valence-electron chi connectivity index (χ4n) is 0.575. The summed E-state index contributed by atoms with van der Waals surface area (Å²) in [6.45, 7) is 11.9. The lowest BCUT2D eigenvalue weighted by atomic mass is 10.1. The van der Waals surface area contributed by atoms with Crippen molar-refractivity contribution in [3.8, 4) is 0 Å². The summed E-state index contributed by atoms with van der Waals surface area (Å²) in [6.07, 6.45) is 0. The zero-order chi connectivity index (χ0) is 9.72. The zero-order valence-corrected chi connectivity index (χ0v) is 8.39. The van der Waals surface area contributed by atoms with Crippen LogP contribution < -0.4 is 0 Å². The summed E-state index contributed by atoms with van der Waals surface area (Å²) in [5.74, 6) is 0.0474. The van der Waals surface area contributed by atoms with Gasteiger partial charge in [0.25, 0.3) is 0 Å². The molecule has 1 atom stereocenters. The van der Waals surface area contributed by atoms with Crippen molar-refractivity contribution < 1.29 is 9.53 Å². The molecule has 0 saturated heterocycles. The average molecular weight is 170 g/mol. The van der Waals surface area contributed by atoms with Crippen LogP contribution in [0, 0.1) is 11.8 Å². The topological polar surface area (TPSA) is 26.3 Å². The van der Waals surface area contributed by atoms with E-state index in [9.17, 15) is 4.79 Å². The van der Waals surface area contributed by atoms with Gasteiger partial charge in [0.15, 0.2) is 0 Å². The van der Waals surface area contributed by atoms with Crippen molar-refractivity contribution in [1.29, 1.82) is 0 Å². The van der Waals surface area contributed by atoms with E-state index in [4.69, 9.17) is 4.74 Å². The standard InChI is InChI=1S/C10H18O2/c1-7(2)6-12-10(11)9(5)8(3)4/h7,9H,3,6H2,1-2,4-5H3. The monoisotopic (exact) mass is 170 g/mol. The van der Waals surface area contributed by atoms with E-state index in [1.807, 2.05) is 27.7 Å². The van der Waals surface area contributed by atoms with Gasteiger partial charge in [0.05, 0.1) is 12.5 Å². The fraction of sp³-hybridized carbons (Fsp3) is 0.700. The summed E-state index contributed by atoms with van der Waals surface area (Å²) in [4.78, 5) is 11.2. The fourth-order valence-corrected chi connectivity index (χ4v) is 0.575. The molecule has 0 aromatic carbocycles. The second kappa shape index (κ2) is 4.96. The number of carbonyl (C=O) groups is 1.